The molecule has 2 N–H and O–H groups in total. The Bertz CT molecular complexity index is 910. The Morgan fingerprint density at radius 1 is 1.17 bits per heavy atom. The minimum absolute atomic E-state index is 0.0237. The third-order valence-electron chi connectivity index (χ3n) is 5.09. The number of carbonyl (C=O) groups excluding carboxylic acids is 2. The number of rotatable bonds is 8. The van der Waals surface area contributed by atoms with Crippen molar-refractivity contribution in [2.45, 2.75) is 19.3 Å². The van der Waals surface area contributed by atoms with E-state index in [1.54, 1.807) is 41.3 Å². The van der Waals surface area contributed by atoms with Crippen molar-refractivity contribution in [1.82, 2.24) is 4.90 Å². The number of hydrogen-bond acceptors (Lipinski definition) is 4. The van der Waals surface area contributed by atoms with Gasteiger partial charge in [0.05, 0.1) is 6.61 Å². The smallest absolute Gasteiger partial charge is 0.260 e. The van der Waals surface area contributed by atoms with Crippen molar-refractivity contribution in [3.05, 3.63) is 59.4 Å². The van der Waals surface area contributed by atoms with Gasteiger partial charge in [0.15, 0.2) is 18.2 Å². The molecular weight excluding hydrogens is 411 g/mol. The number of primary amides is 1. The number of carbonyl (C=O) groups is 2. The van der Waals surface area contributed by atoms with E-state index < -0.39 is 17.1 Å². The molecule has 1 aliphatic rings. The molecule has 2 amide bonds. The molecule has 0 unspecified atom stereocenters. The van der Waals surface area contributed by atoms with Gasteiger partial charge in [0.1, 0.15) is 5.75 Å². The summed E-state index contributed by atoms with van der Waals surface area (Å²) in [5, 5.41) is 0.544. The van der Waals surface area contributed by atoms with Gasteiger partial charge in [0, 0.05) is 29.9 Å². The Hall–Kier alpha value is -2.80. The fourth-order valence-corrected chi connectivity index (χ4v) is 3.87. The minimum Gasteiger partial charge on any atom is -0.493 e. The number of nitrogens with two attached hydrogens (primary N) is 1. The van der Waals surface area contributed by atoms with Gasteiger partial charge >= 0.3 is 0 Å². The SMILES string of the molecule is NC(=O)C[C@@]1(COc2cccc(Cl)c2)CCCN(C(=O)COc2ccccc2F)C1. The van der Waals surface area contributed by atoms with Gasteiger partial charge in [-0.3, -0.25) is 9.59 Å². The molecule has 0 aliphatic carbocycles. The molecule has 1 atom stereocenters. The van der Waals surface area contributed by atoms with Crippen LogP contribution in [0.2, 0.25) is 5.02 Å². The number of amides is 2. The van der Waals surface area contributed by atoms with Crippen molar-refractivity contribution < 1.29 is 23.5 Å². The number of hydrogen-bond donors (Lipinski definition) is 1. The van der Waals surface area contributed by atoms with Crippen LogP contribution in [0, 0.1) is 11.2 Å². The van der Waals surface area contributed by atoms with Crippen LogP contribution in [0.5, 0.6) is 11.5 Å². The molecule has 1 heterocycles. The number of ether oxygens (including phenoxy) is 2. The molecule has 1 fully saturated rings. The lowest BCUT2D eigenvalue weighted by molar-refractivity contribution is -0.139. The number of benzene rings is 2. The van der Waals surface area contributed by atoms with Crippen LogP contribution in [0.15, 0.2) is 48.5 Å². The molecule has 1 aliphatic heterocycles. The summed E-state index contributed by atoms with van der Waals surface area (Å²) in [6.07, 6.45) is 1.47. The number of likely N-dealkylation sites (tertiary alicyclic amines) is 1. The van der Waals surface area contributed by atoms with Crippen LogP contribution >= 0.6 is 11.6 Å². The van der Waals surface area contributed by atoms with Crippen LogP contribution in [0.25, 0.3) is 0 Å². The van der Waals surface area contributed by atoms with Crippen molar-refractivity contribution >= 4 is 23.4 Å². The highest BCUT2D eigenvalue weighted by molar-refractivity contribution is 6.30. The second kappa shape index (κ2) is 9.80. The molecule has 6 nitrogen and oxygen atoms in total. The highest BCUT2D eigenvalue weighted by atomic mass is 35.5. The van der Waals surface area contributed by atoms with E-state index in [1.165, 1.54) is 12.1 Å². The summed E-state index contributed by atoms with van der Waals surface area (Å²) in [6.45, 7) is 0.754. The van der Waals surface area contributed by atoms with Crippen LogP contribution in [0.3, 0.4) is 0 Å². The summed E-state index contributed by atoms with van der Waals surface area (Å²) < 4.78 is 24.9. The summed E-state index contributed by atoms with van der Waals surface area (Å²) in [5.74, 6) is -0.661. The summed E-state index contributed by atoms with van der Waals surface area (Å²) >= 11 is 6.00. The van der Waals surface area contributed by atoms with Gasteiger partial charge in [0.2, 0.25) is 5.91 Å². The first-order valence-electron chi connectivity index (χ1n) is 9.69. The lowest BCUT2D eigenvalue weighted by Gasteiger charge is -2.42. The van der Waals surface area contributed by atoms with E-state index >= 15 is 0 Å². The van der Waals surface area contributed by atoms with E-state index in [-0.39, 0.29) is 31.3 Å². The van der Waals surface area contributed by atoms with Gasteiger partial charge in [-0.05, 0) is 43.2 Å². The molecule has 30 heavy (non-hydrogen) atoms. The summed E-state index contributed by atoms with van der Waals surface area (Å²) in [5.41, 5.74) is 4.88. The zero-order valence-electron chi connectivity index (χ0n) is 16.5. The van der Waals surface area contributed by atoms with E-state index in [9.17, 15) is 14.0 Å². The van der Waals surface area contributed by atoms with Crippen molar-refractivity contribution in [3.8, 4) is 11.5 Å². The monoisotopic (exact) mass is 434 g/mol. The quantitative estimate of drug-likeness (QED) is 0.690. The van der Waals surface area contributed by atoms with Gasteiger partial charge in [0.25, 0.3) is 5.91 Å². The molecule has 3 rings (SSSR count). The van der Waals surface area contributed by atoms with Crippen molar-refractivity contribution in [2.75, 3.05) is 26.3 Å². The van der Waals surface area contributed by atoms with Crippen molar-refractivity contribution in [3.63, 3.8) is 0 Å². The normalized spacial score (nSPS) is 18.7. The highest BCUT2D eigenvalue weighted by Gasteiger charge is 2.39. The number of halogens is 2. The maximum atomic E-state index is 13.7. The van der Waals surface area contributed by atoms with Gasteiger partial charge in [-0.2, -0.15) is 0 Å². The van der Waals surface area contributed by atoms with Gasteiger partial charge in [-0.25, -0.2) is 4.39 Å². The summed E-state index contributed by atoms with van der Waals surface area (Å²) in [6, 6.07) is 12.9. The van der Waals surface area contributed by atoms with E-state index in [4.69, 9.17) is 26.8 Å². The van der Waals surface area contributed by atoms with Crippen LogP contribution < -0.4 is 15.2 Å². The van der Waals surface area contributed by atoms with Gasteiger partial charge in [-0.1, -0.05) is 29.8 Å². The molecule has 2 aromatic carbocycles. The molecule has 0 radical (unpaired) electrons. The Balaban J connectivity index is 1.66. The average Bonchev–Trinajstić information content (AvgIpc) is 2.71. The van der Waals surface area contributed by atoms with Crippen molar-refractivity contribution in [2.24, 2.45) is 11.1 Å². The lowest BCUT2D eigenvalue weighted by atomic mass is 9.77. The maximum absolute atomic E-state index is 13.7. The molecule has 2 aromatic rings. The fourth-order valence-electron chi connectivity index (χ4n) is 3.69. The predicted octanol–water partition coefficient (Wildman–Crippen LogP) is 3.42. The van der Waals surface area contributed by atoms with Crippen LogP contribution in [-0.4, -0.2) is 43.0 Å². The maximum Gasteiger partial charge on any atom is 0.260 e. The van der Waals surface area contributed by atoms with E-state index in [2.05, 4.69) is 0 Å². The van der Waals surface area contributed by atoms with Crippen LogP contribution in [0.1, 0.15) is 19.3 Å². The Labute approximate surface area is 179 Å². The zero-order valence-corrected chi connectivity index (χ0v) is 17.2. The Kier molecular flexibility index (Phi) is 7.15. The molecule has 0 spiro atoms. The van der Waals surface area contributed by atoms with E-state index in [0.717, 1.165) is 0 Å². The van der Waals surface area contributed by atoms with E-state index in [1.807, 2.05) is 0 Å². The number of nitrogens with zero attached hydrogens (tertiary/aromatic N) is 1. The first-order chi connectivity index (χ1) is 14.4. The van der Waals surface area contributed by atoms with Crippen LogP contribution in [-0.2, 0) is 9.59 Å². The zero-order chi connectivity index (χ0) is 21.6. The largest absolute Gasteiger partial charge is 0.493 e. The third-order valence-corrected chi connectivity index (χ3v) is 5.33. The summed E-state index contributed by atoms with van der Waals surface area (Å²) in [4.78, 5) is 26.0. The van der Waals surface area contributed by atoms with Gasteiger partial charge < -0.3 is 20.1 Å². The second-order valence-corrected chi connectivity index (χ2v) is 7.96. The molecule has 0 aromatic heterocycles. The topological polar surface area (TPSA) is 81.9 Å². The number of para-hydroxylation sites is 1. The third kappa shape index (κ3) is 5.86. The first kappa shape index (κ1) is 21.9. The lowest BCUT2D eigenvalue weighted by Crippen LogP contribution is -2.51. The number of piperidine rings is 1. The first-order valence-corrected chi connectivity index (χ1v) is 10.1. The standard InChI is InChI=1S/C22H24ClFN2O4/c23-16-5-3-6-17(11-16)30-15-22(12-20(25)27)9-4-10-26(14-22)21(28)13-29-19-8-2-1-7-18(19)24/h1-3,5-8,11H,4,9-10,12-15H2,(H2,25,27)/t22-/m0/s1. The predicted molar refractivity (Wildman–Crippen MR) is 111 cm³/mol. The molecular formula is C22H24ClFN2O4. The van der Waals surface area contributed by atoms with Crippen LogP contribution in [0.4, 0.5) is 4.39 Å². The highest BCUT2D eigenvalue weighted by Crippen LogP contribution is 2.35. The minimum atomic E-state index is -0.611. The van der Waals surface area contributed by atoms with E-state index in [0.29, 0.717) is 36.7 Å². The molecule has 160 valence electrons. The molecule has 0 bridgehead atoms. The molecule has 0 saturated carbocycles. The Morgan fingerprint density at radius 2 is 1.97 bits per heavy atom. The fraction of sp³-hybridized carbons (Fsp3) is 0.364. The Morgan fingerprint density at radius 3 is 2.70 bits per heavy atom. The average molecular weight is 435 g/mol. The van der Waals surface area contributed by atoms with Crippen molar-refractivity contribution in [1.29, 1.82) is 0 Å². The molecule has 1 saturated heterocycles. The molecule has 8 heteroatoms. The van der Waals surface area contributed by atoms with Gasteiger partial charge in [-0.15, -0.1) is 0 Å². The summed E-state index contributed by atoms with van der Waals surface area (Å²) in [7, 11) is 0. The second-order valence-electron chi connectivity index (χ2n) is 7.53.